The van der Waals surface area contributed by atoms with Crippen molar-refractivity contribution in [2.24, 2.45) is 16.5 Å². The number of hydrogen-bond acceptors (Lipinski definition) is 7. The van der Waals surface area contributed by atoms with E-state index in [1.807, 2.05) is 36.4 Å². The number of ether oxygens (including phenoxy) is 1. The lowest BCUT2D eigenvalue weighted by Crippen LogP contribution is -2.23. The van der Waals surface area contributed by atoms with Gasteiger partial charge in [0, 0.05) is 11.6 Å². The van der Waals surface area contributed by atoms with Crippen molar-refractivity contribution < 1.29 is 14.6 Å². The highest BCUT2D eigenvalue weighted by Gasteiger charge is 2.15. The molecule has 1 atom stereocenters. The molecule has 6 N–H and O–H groups in total. The number of phenolic OH excluding ortho intramolecular Hbond substituents is 1. The molecular formula is C26H24N6O3. The summed E-state index contributed by atoms with van der Waals surface area (Å²) in [5, 5.41) is 20.6. The molecule has 4 rings (SSSR count). The SMILES string of the molecule is NC(=Nc1ccc(-c2ccccc2)nn1)Nc1ccccc1OC(=O)CC(N)c1ccc(O)cc1. The van der Waals surface area contributed by atoms with Crippen LogP contribution in [0.15, 0.2) is 96.0 Å². The monoisotopic (exact) mass is 468 g/mol. The highest BCUT2D eigenvalue weighted by molar-refractivity contribution is 5.95. The zero-order chi connectivity index (χ0) is 24.6. The highest BCUT2D eigenvalue weighted by Crippen LogP contribution is 2.26. The molecule has 0 amide bonds. The fourth-order valence-electron chi connectivity index (χ4n) is 3.28. The van der Waals surface area contributed by atoms with Crippen molar-refractivity contribution in [1.82, 2.24) is 10.2 Å². The van der Waals surface area contributed by atoms with E-state index in [0.29, 0.717) is 17.1 Å². The molecule has 0 bridgehead atoms. The summed E-state index contributed by atoms with van der Waals surface area (Å²) >= 11 is 0. The first-order valence-electron chi connectivity index (χ1n) is 10.8. The lowest BCUT2D eigenvalue weighted by molar-refractivity contribution is -0.134. The van der Waals surface area contributed by atoms with Gasteiger partial charge in [-0.1, -0.05) is 54.6 Å². The minimum absolute atomic E-state index is 0.0496. The Hall–Kier alpha value is -4.76. The van der Waals surface area contributed by atoms with Gasteiger partial charge in [-0.25, -0.2) is 0 Å². The minimum Gasteiger partial charge on any atom is -0.508 e. The van der Waals surface area contributed by atoms with E-state index in [9.17, 15) is 9.90 Å². The van der Waals surface area contributed by atoms with Gasteiger partial charge in [-0.2, -0.15) is 4.99 Å². The fraction of sp³-hybridized carbons (Fsp3) is 0.0769. The van der Waals surface area contributed by atoms with Crippen LogP contribution in [0.2, 0.25) is 0 Å². The molecule has 9 heteroatoms. The van der Waals surface area contributed by atoms with Gasteiger partial charge in [0.2, 0.25) is 0 Å². The third kappa shape index (κ3) is 6.40. The first kappa shape index (κ1) is 23.4. The summed E-state index contributed by atoms with van der Waals surface area (Å²) in [6, 6.07) is 25.8. The Morgan fingerprint density at radius 3 is 2.37 bits per heavy atom. The summed E-state index contributed by atoms with van der Waals surface area (Å²) in [5.74, 6) is 0.262. The predicted octanol–water partition coefficient (Wildman–Crippen LogP) is 3.90. The number of nitrogens with one attached hydrogen (secondary N) is 1. The number of guanidine groups is 1. The van der Waals surface area contributed by atoms with Crippen molar-refractivity contribution in [3.8, 4) is 22.8 Å². The largest absolute Gasteiger partial charge is 0.508 e. The van der Waals surface area contributed by atoms with Gasteiger partial charge in [0.15, 0.2) is 17.5 Å². The number of rotatable bonds is 7. The number of benzene rings is 3. The summed E-state index contributed by atoms with van der Waals surface area (Å²) in [5.41, 5.74) is 15.0. The quantitative estimate of drug-likeness (QED) is 0.138. The van der Waals surface area contributed by atoms with Crippen LogP contribution in [0.3, 0.4) is 0 Å². The van der Waals surface area contributed by atoms with E-state index in [1.165, 1.54) is 12.1 Å². The number of para-hydroxylation sites is 2. The summed E-state index contributed by atoms with van der Waals surface area (Å²) in [6.45, 7) is 0. The van der Waals surface area contributed by atoms with Crippen LogP contribution >= 0.6 is 0 Å². The Kier molecular flexibility index (Phi) is 7.29. The molecule has 0 saturated heterocycles. The molecule has 4 aromatic rings. The predicted molar refractivity (Wildman–Crippen MR) is 134 cm³/mol. The second-order valence-electron chi connectivity index (χ2n) is 7.64. The number of esters is 1. The van der Waals surface area contributed by atoms with Crippen LogP contribution < -0.4 is 21.5 Å². The molecule has 9 nitrogen and oxygen atoms in total. The standard InChI is InChI=1S/C26H24N6O3/c27-20(17-10-12-19(33)13-11-17)16-25(34)35-23-9-5-4-8-22(23)29-26(28)30-24-15-14-21(31-32-24)18-6-2-1-3-7-18/h1-15,20,33H,16,27H2,(H3,28,29,30,32). The maximum absolute atomic E-state index is 12.5. The Labute approximate surface area is 202 Å². The van der Waals surface area contributed by atoms with E-state index in [2.05, 4.69) is 20.5 Å². The van der Waals surface area contributed by atoms with Crippen molar-refractivity contribution in [3.63, 3.8) is 0 Å². The van der Waals surface area contributed by atoms with Crippen LogP contribution in [-0.2, 0) is 4.79 Å². The number of nitrogens with two attached hydrogens (primary N) is 2. The number of carbonyl (C=O) groups excluding carboxylic acids is 1. The van der Waals surface area contributed by atoms with Crippen molar-refractivity contribution in [2.75, 3.05) is 5.32 Å². The van der Waals surface area contributed by atoms with Crippen LogP contribution in [-0.4, -0.2) is 27.2 Å². The molecule has 1 heterocycles. The van der Waals surface area contributed by atoms with Gasteiger partial charge < -0.3 is 26.6 Å². The molecule has 0 fully saturated rings. The molecule has 1 aromatic heterocycles. The number of phenols is 1. The van der Waals surface area contributed by atoms with Crippen LogP contribution in [0.25, 0.3) is 11.3 Å². The van der Waals surface area contributed by atoms with Gasteiger partial charge in [0.1, 0.15) is 5.75 Å². The average Bonchev–Trinajstić information content (AvgIpc) is 2.86. The maximum atomic E-state index is 12.5. The average molecular weight is 469 g/mol. The van der Waals surface area contributed by atoms with Crippen molar-refractivity contribution >= 4 is 23.4 Å². The van der Waals surface area contributed by atoms with Crippen LogP contribution in [0.4, 0.5) is 11.5 Å². The lowest BCUT2D eigenvalue weighted by Gasteiger charge is -2.14. The Morgan fingerprint density at radius 2 is 1.66 bits per heavy atom. The third-order valence-corrected chi connectivity index (χ3v) is 5.04. The first-order valence-corrected chi connectivity index (χ1v) is 10.8. The summed E-state index contributed by atoms with van der Waals surface area (Å²) in [7, 11) is 0. The number of aliphatic imine (C=N–C) groups is 1. The van der Waals surface area contributed by atoms with Gasteiger partial charge in [0.25, 0.3) is 0 Å². The Morgan fingerprint density at radius 1 is 0.943 bits per heavy atom. The number of aromatic nitrogens is 2. The first-order chi connectivity index (χ1) is 17.0. The normalized spacial score (nSPS) is 12.1. The molecule has 3 aromatic carbocycles. The second-order valence-corrected chi connectivity index (χ2v) is 7.64. The van der Waals surface area contributed by atoms with Gasteiger partial charge in [-0.15, -0.1) is 10.2 Å². The third-order valence-electron chi connectivity index (χ3n) is 5.04. The van der Waals surface area contributed by atoms with E-state index in [1.54, 1.807) is 42.5 Å². The Bertz CT molecular complexity index is 1310. The van der Waals surface area contributed by atoms with E-state index in [-0.39, 0.29) is 23.9 Å². The molecule has 35 heavy (non-hydrogen) atoms. The van der Waals surface area contributed by atoms with Gasteiger partial charge in [-0.05, 0) is 42.0 Å². The molecule has 0 aliphatic carbocycles. The number of carbonyl (C=O) groups is 1. The van der Waals surface area contributed by atoms with Crippen molar-refractivity contribution in [3.05, 3.63) is 96.6 Å². The number of hydrogen-bond donors (Lipinski definition) is 4. The highest BCUT2D eigenvalue weighted by atomic mass is 16.5. The van der Waals surface area contributed by atoms with Gasteiger partial charge >= 0.3 is 5.97 Å². The fourth-order valence-corrected chi connectivity index (χ4v) is 3.28. The molecule has 0 spiro atoms. The van der Waals surface area contributed by atoms with Gasteiger partial charge in [0.05, 0.1) is 17.8 Å². The van der Waals surface area contributed by atoms with E-state index in [4.69, 9.17) is 16.2 Å². The zero-order valence-electron chi connectivity index (χ0n) is 18.7. The minimum atomic E-state index is -0.577. The van der Waals surface area contributed by atoms with Crippen LogP contribution in [0, 0.1) is 0 Å². The maximum Gasteiger partial charge on any atom is 0.313 e. The lowest BCUT2D eigenvalue weighted by atomic mass is 10.0. The molecule has 0 saturated carbocycles. The van der Waals surface area contributed by atoms with Crippen molar-refractivity contribution in [1.29, 1.82) is 0 Å². The van der Waals surface area contributed by atoms with Gasteiger partial charge in [-0.3, -0.25) is 4.79 Å². The number of aromatic hydroxyl groups is 1. The zero-order valence-corrected chi connectivity index (χ0v) is 18.7. The topological polar surface area (TPSA) is 149 Å². The van der Waals surface area contributed by atoms with Crippen molar-refractivity contribution in [2.45, 2.75) is 12.5 Å². The summed E-state index contributed by atoms with van der Waals surface area (Å²) in [4.78, 5) is 16.7. The summed E-state index contributed by atoms with van der Waals surface area (Å²) in [6.07, 6.45) is -0.0496. The smallest absolute Gasteiger partial charge is 0.313 e. The summed E-state index contributed by atoms with van der Waals surface area (Å²) < 4.78 is 5.51. The van der Waals surface area contributed by atoms with E-state index < -0.39 is 12.0 Å². The molecule has 0 aliphatic heterocycles. The Balaban J connectivity index is 1.40. The molecule has 1 unspecified atom stereocenters. The molecular weight excluding hydrogens is 444 g/mol. The van der Waals surface area contributed by atoms with E-state index >= 15 is 0 Å². The second kappa shape index (κ2) is 10.9. The molecule has 0 aliphatic rings. The number of anilines is 1. The van der Waals surface area contributed by atoms with Crippen LogP contribution in [0.5, 0.6) is 11.5 Å². The van der Waals surface area contributed by atoms with Crippen LogP contribution in [0.1, 0.15) is 18.0 Å². The van der Waals surface area contributed by atoms with E-state index in [0.717, 1.165) is 11.3 Å². The number of nitrogens with zero attached hydrogens (tertiary/aromatic N) is 3. The molecule has 0 radical (unpaired) electrons. The molecule has 176 valence electrons.